The number of benzene rings is 3. The molecule has 0 unspecified atom stereocenters. The second kappa shape index (κ2) is 10.8. The molecule has 0 aliphatic rings. The van der Waals surface area contributed by atoms with Gasteiger partial charge in [0.1, 0.15) is 0 Å². The number of allylic oxidation sites excluding steroid dienone is 1. The second-order valence-electron chi connectivity index (χ2n) is 6.91. The van der Waals surface area contributed by atoms with Crippen LogP contribution in [0.2, 0.25) is 0 Å². The second-order valence-corrected chi connectivity index (χ2v) is 6.91. The van der Waals surface area contributed by atoms with Crippen molar-refractivity contribution in [2.45, 2.75) is 13.8 Å². The van der Waals surface area contributed by atoms with Gasteiger partial charge in [0.25, 0.3) is 5.91 Å². The van der Waals surface area contributed by atoms with Crippen LogP contribution in [-0.4, -0.2) is 24.9 Å². The molecule has 0 fully saturated rings. The molecule has 31 heavy (non-hydrogen) atoms. The molecule has 3 aromatic rings. The van der Waals surface area contributed by atoms with Gasteiger partial charge in [-0.25, -0.2) is 0 Å². The summed E-state index contributed by atoms with van der Waals surface area (Å²) in [7, 11) is 0. The van der Waals surface area contributed by atoms with Gasteiger partial charge in [-0.15, -0.1) is 0 Å². The molecule has 158 valence electrons. The van der Waals surface area contributed by atoms with Gasteiger partial charge < -0.3 is 14.8 Å². The highest BCUT2D eigenvalue weighted by Crippen LogP contribution is 2.29. The molecule has 0 aromatic heterocycles. The van der Waals surface area contributed by atoms with Crippen molar-refractivity contribution in [3.05, 3.63) is 95.6 Å². The number of para-hydroxylation sites is 1. The van der Waals surface area contributed by atoms with Crippen molar-refractivity contribution in [3.8, 4) is 11.5 Å². The molecule has 0 saturated heterocycles. The third-order valence-electron chi connectivity index (χ3n) is 4.45. The number of nitrogens with one attached hydrogen (secondary N) is 1. The molecule has 1 N–H and O–H groups in total. The molecule has 0 atom stereocenters. The highest BCUT2D eigenvalue weighted by Gasteiger charge is 2.09. The van der Waals surface area contributed by atoms with E-state index in [1.54, 1.807) is 18.2 Å². The SMILES string of the molecule is CCOc1cc(/C=C/C(=O)c2ccc(C)cc2)ccc1OCC(=O)Nc1ccccc1. The number of amides is 1. The first-order chi connectivity index (χ1) is 15.0. The summed E-state index contributed by atoms with van der Waals surface area (Å²) in [6, 6.07) is 22.0. The van der Waals surface area contributed by atoms with Crippen molar-refractivity contribution in [2.24, 2.45) is 0 Å². The van der Waals surface area contributed by atoms with E-state index in [2.05, 4.69) is 5.32 Å². The molecule has 0 spiro atoms. The Morgan fingerprint density at radius 3 is 2.35 bits per heavy atom. The fraction of sp³-hybridized carbons (Fsp3) is 0.154. The molecule has 0 saturated carbocycles. The van der Waals surface area contributed by atoms with E-state index < -0.39 is 0 Å². The first-order valence-electron chi connectivity index (χ1n) is 10.1. The summed E-state index contributed by atoms with van der Waals surface area (Å²) >= 11 is 0. The minimum Gasteiger partial charge on any atom is -0.490 e. The zero-order chi connectivity index (χ0) is 22.1. The lowest BCUT2D eigenvalue weighted by atomic mass is 10.1. The fourth-order valence-electron chi connectivity index (χ4n) is 2.86. The third kappa shape index (κ3) is 6.57. The Kier molecular flexibility index (Phi) is 7.60. The van der Waals surface area contributed by atoms with E-state index in [0.29, 0.717) is 29.4 Å². The van der Waals surface area contributed by atoms with E-state index in [1.807, 2.05) is 74.5 Å². The van der Waals surface area contributed by atoms with Crippen molar-refractivity contribution in [3.63, 3.8) is 0 Å². The first kappa shape index (κ1) is 21.8. The molecule has 3 rings (SSSR count). The molecule has 1 amide bonds. The molecule has 0 aliphatic carbocycles. The van der Waals surface area contributed by atoms with Gasteiger partial charge in [-0.3, -0.25) is 9.59 Å². The van der Waals surface area contributed by atoms with Crippen LogP contribution >= 0.6 is 0 Å². The van der Waals surface area contributed by atoms with Crippen molar-refractivity contribution in [1.82, 2.24) is 0 Å². The highest BCUT2D eigenvalue weighted by atomic mass is 16.5. The van der Waals surface area contributed by atoms with Crippen LogP contribution in [0.3, 0.4) is 0 Å². The zero-order valence-corrected chi connectivity index (χ0v) is 17.6. The van der Waals surface area contributed by atoms with E-state index in [1.165, 1.54) is 6.08 Å². The van der Waals surface area contributed by atoms with Crippen molar-refractivity contribution < 1.29 is 19.1 Å². The van der Waals surface area contributed by atoms with Crippen molar-refractivity contribution in [2.75, 3.05) is 18.5 Å². The van der Waals surface area contributed by atoms with Crippen LogP contribution in [0, 0.1) is 6.92 Å². The lowest BCUT2D eigenvalue weighted by Crippen LogP contribution is -2.20. The standard InChI is InChI=1S/C26H25NO4/c1-3-30-25-17-20(11-15-23(28)21-13-9-19(2)10-14-21)12-16-24(25)31-18-26(29)27-22-7-5-4-6-8-22/h4-17H,3,18H2,1-2H3,(H,27,29)/b15-11+. The van der Waals surface area contributed by atoms with Gasteiger partial charge in [0.15, 0.2) is 23.9 Å². The molecule has 0 radical (unpaired) electrons. The molecular formula is C26H25NO4. The monoisotopic (exact) mass is 415 g/mol. The molecule has 3 aromatic carbocycles. The average molecular weight is 415 g/mol. The smallest absolute Gasteiger partial charge is 0.262 e. The Morgan fingerprint density at radius 2 is 1.65 bits per heavy atom. The summed E-state index contributed by atoms with van der Waals surface area (Å²) in [6.07, 6.45) is 3.26. The average Bonchev–Trinajstić information content (AvgIpc) is 2.78. The van der Waals surface area contributed by atoms with E-state index >= 15 is 0 Å². The Labute approximate surface area is 182 Å². The molecule has 0 aliphatic heterocycles. The van der Waals surface area contributed by atoms with E-state index in [9.17, 15) is 9.59 Å². The molecule has 5 nitrogen and oxygen atoms in total. The van der Waals surface area contributed by atoms with Crippen LogP contribution in [-0.2, 0) is 4.79 Å². The topological polar surface area (TPSA) is 64.6 Å². The Balaban J connectivity index is 1.65. The van der Waals surface area contributed by atoms with E-state index in [0.717, 1.165) is 11.1 Å². The Hall–Kier alpha value is -3.86. The summed E-state index contributed by atoms with van der Waals surface area (Å²) in [5.74, 6) is 0.643. The molecular weight excluding hydrogens is 390 g/mol. The predicted molar refractivity (Wildman–Crippen MR) is 123 cm³/mol. The normalized spacial score (nSPS) is 10.6. The zero-order valence-electron chi connectivity index (χ0n) is 17.6. The summed E-state index contributed by atoms with van der Waals surface area (Å²) < 4.78 is 11.3. The number of carbonyl (C=O) groups is 2. The highest BCUT2D eigenvalue weighted by molar-refractivity contribution is 6.06. The van der Waals surface area contributed by atoms with Crippen LogP contribution < -0.4 is 14.8 Å². The number of hydrogen-bond acceptors (Lipinski definition) is 4. The summed E-state index contributed by atoms with van der Waals surface area (Å²) in [5, 5.41) is 2.77. The molecule has 5 heteroatoms. The van der Waals surface area contributed by atoms with Crippen molar-refractivity contribution >= 4 is 23.5 Å². The fourth-order valence-corrected chi connectivity index (χ4v) is 2.86. The molecule has 0 bridgehead atoms. The third-order valence-corrected chi connectivity index (χ3v) is 4.45. The Bertz CT molecular complexity index is 1060. The number of ether oxygens (including phenoxy) is 2. The number of rotatable bonds is 9. The minimum atomic E-state index is -0.263. The minimum absolute atomic E-state index is 0.0733. The Morgan fingerprint density at radius 1 is 0.903 bits per heavy atom. The maximum absolute atomic E-state index is 12.3. The quantitative estimate of drug-likeness (QED) is 0.380. The van der Waals surface area contributed by atoms with E-state index in [4.69, 9.17) is 9.47 Å². The maximum atomic E-state index is 12.3. The summed E-state index contributed by atoms with van der Waals surface area (Å²) in [4.78, 5) is 24.5. The van der Waals surface area contributed by atoms with E-state index in [-0.39, 0.29) is 18.3 Å². The first-order valence-corrected chi connectivity index (χ1v) is 10.1. The van der Waals surface area contributed by atoms with Crippen LogP contribution in [0.15, 0.2) is 78.9 Å². The van der Waals surface area contributed by atoms with Gasteiger partial charge in [0.05, 0.1) is 6.61 Å². The van der Waals surface area contributed by atoms with Gasteiger partial charge >= 0.3 is 0 Å². The summed E-state index contributed by atoms with van der Waals surface area (Å²) in [6.45, 7) is 4.15. The maximum Gasteiger partial charge on any atom is 0.262 e. The van der Waals surface area contributed by atoms with Crippen LogP contribution in [0.4, 0.5) is 5.69 Å². The van der Waals surface area contributed by atoms with Crippen LogP contribution in [0.5, 0.6) is 11.5 Å². The molecule has 0 heterocycles. The lowest BCUT2D eigenvalue weighted by molar-refractivity contribution is -0.118. The number of aryl methyl sites for hydroxylation is 1. The van der Waals surface area contributed by atoms with Crippen LogP contribution in [0.1, 0.15) is 28.4 Å². The largest absolute Gasteiger partial charge is 0.490 e. The van der Waals surface area contributed by atoms with Gasteiger partial charge in [-0.2, -0.15) is 0 Å². The predicted octanol–water partition coefficient (Wildman–Crippen LogP) is 5.31. The van der Waals surface area contributed by atoms with Gasteiger partial charge in [-0.1, -0.05) is 60.2 Å². The lowest BCUT2D eigenvalue weighted by Gasteiger charge is -2.12. The number of anilines is 1. The number of ketones is 1. The van der Waals surface area contributed by atoms with Gasteiger partial charge in [0.2, 0.25) is 0 Å². The summed E-state index contributed by atoms with van der Waals surface area (Å²) in [5.41, 5.74) is 3.25. The van der Waals surface area contributed by atoms with Crippen molar-refractivity contribution in [1.29, 1.82) is 0 Å². The van der Waals surface area contributed by atoms with Gasteiger partial charge in [0, 0.05) is 11.3 Å². The number of carbonyl (C=O) groups excluding carboxylic acids is 2. The van der Waals surface area contributed by atoms with Gasteiger partial charge in [-0.05, 0) is 49.8 Å². The van der Waals surface area contributed by atoms with Crippen LogP contribution in [0.25, 0.3) is 6.08 Å². The number of hydrogen-bond donors (Lipinski definition) is 1.